The first-order valence-corrected chi connectivity index (χ1v) is 6.80. The number of amides is 1. The molecule has 1 aromatic carbocycles. The van der Waals surface area contributed by atoms with E-state index in [9.17, 15) is 4.79 Å². The monoisotopic (exact) mass is 288 g/mol. The Morgan fingerprint density at radius 1 is 1.45 bits per heavy atom. The van der Waals surface area contributed by atoms with Crippen molar-refractivity contribution in [1.29, 1.82) is 5.26 Å². The number of aromatic amines is 1. The van der Waals surface area contributed by atoms with Crippen LogP contribution in [0.4, 0.5) is 0 Å². The molecule has 0 bridgehead atoms. The van der Waals surface area contributed by atoms with Crippen molar-refractivity contribution in [3.8, 4) is 6.07 Å². The number of H-pyrrole nitrogens is 1. The minimum Gasteiger partial charge on any atom is -0.352 e. The minimum atomic E-state index is -0.437. The summed E-state index contributed by atoms with van der Waals surface area (Å²) >= 11 is 5.29. The van der Waals surface area contributed by atoms with Crippen molar-refractivity contribution in [1.82, 2.24) is 14.9 Å². The maximum absolute atomic E-state index is 12.1. The average Bonchev–Trinajstić information content (AvgIpc) is 2.72. The van der Waals surface area contributed by atoms with E-state index in [1.165, 1.54) is 0 Å². The van der Waals surface area contributed by atoms with Gasteiger partial charge >= 0.3 is 0 Å². The van der Waals surface area contributed by atoms with Crippen molar-refractivity contribution in [3.63, 3.8) is 0 Å². The predicted octanol–water partition coefficient (Wildman–Crippen LogP) is 2.66. The van der Waals surface area contributed by atoms with E-state index in [4.69, 9.17) is 17.5 Å². The zero-order chi connectivity index (χ0) is 14.9. The Bertz CT molecular complexity index is 751. The highest BCUT2D eigenvalue weighted by molar-refractivity contribution is 7.71. The third kappa shape index (κ3) is 2.45. The van der Waals surface area contributed by atoms with Gasteiger partial charge in [-0.05, 0) is 45.1 Å². The van der Waals surface area contributed by atoms with E-state index in [2.05, 4.69) is 16.4 Å². The number of carbonyl (C=O) groups excluding carboxylic acids is 1. The second-order valence-electron chi connectivity index (χ2n) is 4.95. The Morgan fingerprint density at radius 3 is 2.75 bits per heavy atom. The summed E-state index contributed by atoms with van der Waals surface area (Å²) in [5.74, 6) is -0.0978. The van der Waals surface area contributed by atoms with Crippen LogP contribution >= 0.6 is 12.2 Å². The van der Waals surface area contributed by atoms with Crippen LogP contribution in [0.25, 0.3) is 11.0 Å². The molecule has 1 aromatic heterocycles. The van der Waals surface area contributed by atoms with Crippen LogP contribution < -0.4 is 5.32 Å². The number of nitriles is 1. The van der Waals surface area contributed by atoms with Gasteiger partial charge < -0.3 is 14.9 Å². The first-order chi connectivity index (χ1) is 9.45. The van der Waals surface area contributed by atoms with Crippen LogP contribution in [0.1, 0.15) is 32.4 Å². The lowest BCUT2D eigenvalue weighted by molar-refractivity contribution is -0.124. The Labute approximate surface area is 122 Å². The van der Waals surface area contributed by atoms with E-state index in [0.717, 1.165) is 5.52 Å². The molecule has 20 heavy (non-hydrogen) atoms. The molecule has 1 atom stereocenters. The topological polar surface area (TPSA) is 73.6 Å². The molecule has 2 rings (SSSR count). The van der Waals surface area contributed by atoms with E-state index in [-0.39, 0.29) is 11.9 Å². The van der Waals surface area contributed by atoms with Gasteiger partial charge in [-0.15, -0.1) is 0 Å². The molecule has 6 heteroatoms. The highest BCUT2D eigenvalue weighted by atomic mass is 32.1. The minimum absolute atomic E-state index is 0.0685. The quantitative estimate of drug-likeness (QED) is 0.853. The highest BCUT2D eigenvalue weighted by Gasteiger charge is 2.19. The zero-order valence-electron chi connectivity index (χ0n) is 11.6. The number of hydrogen-bond donors (Lipinski definition) is 2. The number of carbonyl (C=O) groups is 1. The van der Waals surface area contributed by atoms with Crippen LogP contribution in [0.3, 0.4) is 0 Å². The zero-order valence-corrected chi connectivity index (χ0v) is 12.4. The smallest absolute Gasteiger partial charge is 0.243 e. The van der Waals surface area contributed by atoms with Crippen molar-refractivity contribution in [2.45, 2.75) is 32.9 Å². The second kappa shape index (κ2) is 5.47. The summed E-state index contributed by atoms with van der Waals surface area (Å²) in [6, 6.07) is 7.10. The molecule has 1 unspecified atom stereocenters. The van der Waals surface area contributed by atoms with E-state index in [1.807, 2.05) is 19.9 Å². The normalized spacial score (nSPS) is 12.3. The van der Waals surface area contributed by atoms with Gasteiger partial charge in [0.1, 0.15) is 12.1 Å². The molecule has 0 fully saturated rings. The van der Waals surface area contributed by atoms with Gasteiger partial charge in [-0.25, -0.2) is 0 Å². The summed E-state index contributed by atoms with van der Waals surface area (Å²) in [4.78, 5) is 15.2. The van der Waals surface area contributed by atoms with Gasteiger partial charge in [0.25, 0.3) is 0 Å². The molecule has 1 heterocycles. The maximum Gasteiger partial charge on any atom is 0.243 e. The molecule has 0 radical (unpaired) electrons. The van der Waals surface area contributed by atoms with E-state index >= 15 is 0 Å². The maximum atomic E-state index is 12.1. The number of para-hydroxylation sites is 1. The largest absolute Gasteiger partial charge is 0.352 e. The second-order valence-corrected chi connectivity index (χ2v) is 5.34. The SMILES string of the molecule is CC(C)NC(=O)C(C)n1c(=S)[nH]c2c(C#N)cccc21. The number of hydrogen-bond acceptors (Lipinski definition) is 3. The average molecular weight is 288 g/mol. The molecule has 2 aromatic rings. The predicted molar refractivity (Wildman–Crippen MR) is 79.8 cm³/mol. The van der Waals surface area contributed by atoms with Crippen LogP contribution in [-0.2, 0) is 4.79 Å². The molecule has 0 aliphatic carbocycles. The Morgan fingerprint density at radius 2 is 2.15 bits per heavy atom. The summed E-state index contributed by atoms with van der Waals surface area (Å²) in [5.41, 5.74) is 1.95. The number of rotatable bonds is 3. The van der Waals surface area contributed by atoms with Crippen LogP contribution in [0, 0.1) is 16.1 Å². The third-order valence-electron chi connectivity index (χ3n) is 3.07. The molecule has 0 aliphatic rings. The fraction of sp³-hybridized carbons (Fsp3) is 0.357. The van der Waals surface area contributed by atoms with Crippen LogP contribution in [0.2, 0.25) is 0 Å². The molecule has 0 saturated carbocycles. The lowest BCUT2D eigenvalue weighted by atomic mass is 10.2. The number of fused-ring (bicyclic) bond motifs is 1. The van der Waals surface area contributed by atoms with Gasteiger partial charge in [-0.2, -0.15) is 5.26 Å². The van der Waals surface area contributed by atoms with Gasteiger partial charge in [0, 0.05) is 6.04 Å². The van der Waals surface area contributed by atoms with Crippen molar-refractivity contribution in [2.75, 3.05) is 0 Å². The van der Waals surface area contributed by atoms with Crippen LogP contribution in [0.5, 0.6) is 0 Å². The summed E-state index contributed by atoms with van der Waals surface area (Å²) in [6.45, 7) is 5.61. The fourth-order valence-corrected chi connectivity index (χ4v) is 2.51. The molecule has 5 nitrogen and oxygen atoms in total. The number of benzene rings is 1. The first kappa shape index (κ1) is 14.3. The van der Waals surface area contributed by atoms with E-state index in [1.54, 1.807) is 23.6 Å². The lowest BCUT2D eigenvalue weighted by Crippen LogP contribution is -2.35. The third-order valence-corrected chi connectivity index (χ3v) is 3.37. The Hall–Kier alpha value is -2.13. The molecule has 1 amide bonds. The van der Waals surface area contributed by atoms with Gasteiger partial charge in [0.15, 0.2) is 4.77 Å². The lowest BCUT2D eigenvalue weighted by Gasteiger charge is -2.16. The van der Waals surface area contributed by atoms with Gasteiger partial charge in [0.2, 0.25) is 5.91 Å². The summed E-state index contributed by atoms with van der Waals surface area (Å²) in [6.07, 6.45) is 0. The molecule has 0 aliphatic heterocycles. The first-order valence-electron chi connectivity index (χ1n) is 6.39. The fourth-order valence-electron chi connectivity index (χ4n) is 2.15. The van der Waals surface area contributed by atoms with Crippen molar-refractivity contribution in [2.24, 2.45) is 0 Å². The molecular weight excluding hydrogens is 272 g/mol. The highest BCUT2D eigenvalue weighted by Crippen LogP contribution is 2.22. The number of nitrogens with one attached hydrogen (secondary N) is 2. The number of aromatic nitrogens is 2. The van der Waals surface area contributed by atoms with E-state index < -0.39 is 6.04 Å². The van der Waals surface area contributed by atoms with Gasteiger partial charge in [0.05, 0.1) is 16.6 Å². The van der Waals surface area contributed by atoms with Crippen molar-refractivity contribution >= 4 is 29.2 Å². The molecule has 0 saturated heterocycles. The summed E-state index contributed by atoms with van der Waals surface area (Å²) in [7, 11) is 0. The number of imidazole rings is 1. The van der Waals surface area contributed by atoms with Crippen LogP contribution in [0.15, 0.2) is 18.2 Å². The van der Waals surface area contributed by atoms with E-state index in [0.29, 0.717) is 15.9 Å². The Kier molecular flexibility index (Phi) is 3.91. The van der Waals surface area contributed by atoms with Gasteiger partial charge in [-0.3, -0.25) is 4.79 Å². The van der Waals surface area contributed by atoms with Gasteiger partial charge in [-0.1, -0.05) is 6.07 Å². The van der Waals surface area contributed by atoms with Crippen molar-refractivity contribution < 1.29 is 4.79 Å². The summed E-state index contributed by atoms with van der Waals surface area (Å²) < 4.78 is 2.18. The molecule has 0 spiro atoms. The Balaban J connectivity index is 2.56. The van der Waals surface area contributed by atoms with Crippen LogP contribution in [-0.4, -0.2) is 21.5 Å². The summed E-state index contributed by atoms with van der Waals surface area (Å²) in [5, 5.41) is 12.0. The molecule has 2 N–H and O–H groups in total. The molecular formula is C14H16N4OS. The molecule has 104 valence electrons. The number of nitrogens with zero attached hydrogens (tertiary/aromatic N) is 2. The standard InChI is InChI=1S/C14H16N4OS/c1-8(2)16-13(19)9(3)18-11-6-4-5-10(7-15)12(11)17-14(18)20/h4-6,8-9H,1-3H3,(H,16,19)(H,17,20). The van der Waals surface area contributed by atoms with Crippen molar-refractivity contribution in [3.05, 3.63) is 28.5 Å².